The predicted octanol–water partition coefficient (Wildman–Crippen LogP) is 2.20. The van der Waals surface area contributed by atoms with E-state index in [1.807, 2.05) is 24.3 Å². The van der Waals surface area contributed by atoms with Crippen molar-refractivity contribution in [2.75, 3.05) is 6.54 Å². The summed E-state index contributed by atoms with van der Waals surface area (Å²) in [5.41, 5.74) is 0.331. The van der Waals surface area contributed by atoms with Gasteiger partial charge in [0, 0.05) is 11.9 Å². The average molecular weight is 304 g/mol. The molecule has 1 unspecified atom stereocenters. The maximum absolute atomic E-state index is 12.7. The molecule has 2 aromatic rings. The molecule has 0 spiro atoms. The van der Waals surface area contributed by atoms with Crippen molar-refractivity contribution >= 4 is 34.7 Å². The van der Waals surface area contributed by atoms with Gasteiger partial charge in [0.15, 0.2) is 0 Å². The summed E-state index contributed by atoms with van der Waals surface area (Å²) in [5, 5.41) is 4.60. The number of rotatable bonds is 3. The number of carbonyl (C=O) groups is 2. The standard InChI is InChI=1S/C15H14ClN3O2/c16-12-8-10-4-1-2-5-11(10)14(18-12)15(21)19-7-3-6-13(19)17-9-20/h1-2,4-5,8-9,13H,3,6-7H2,(H,17,20). The number of carbonyl (C=O) groups excluding carboxylic acids is 2. The van der Waals surface area contributed by atoms with E-state index in [0.29, 0.717) is 18.6 Å². The van der Waals surface area contributed by atoms with Crippen LogP contribution in [-0.4, -0.2) is 34.9 Å². The smallest absolute Gasteiger partial charge is 0.274 e. The van der Waals surface area contributed by atoms with Gasteiger partial charge in [0.25, 0.3) is 5.91 Å². The van der Waals surface area contributed by atoms with E-state index in [2.05, 4.69) is 10.3 Å². The summed E-state index contributed by atoms with van der Waals surface area (Å²) in [6.07, 6.45) is 1.97. The lowest BCUT2D eigenvalue weighted by atomic mass is 10.1. The Kier molecular flexibility index (Phi) is 3.75. The Bertz CT molecular complexity index is 704. The third kappa shape index (κ3) is 2.56. The lowest BCUT2D eigenvalue weighted by molar-refractivity contribution is -0.110. The largest absolute Gasteiger partial charge is 0.338 e. The lowest BCUT2D eigenvalue weighted by Crippen LogP contribution is -2.44. The second-order valence-electron chi connectivity index (χ2n) is 4.96. The Morgan fingerprint density at radius 1 is 1.43 bits per heavy atom. The topological polar surface area (TPSA) is 62.3 Å². The molecule has 2 amide bonds. The first-order chi connectivity index (χ1) is 10.2. The Hall–Kier alpha value is -2.14. The van der Waals surface area contributed by atoms with Gasteiger partial charge in [-0.1, -0.05) is 35.9 Å². The van der Waals surface area contributed by atoms with Gasteiger partial charge < -0.3 is 10.2 Å². The highest BCUT2D eigenvalue weighted by atomic mass is 35.5. The third-order valence-electron chi connectivity index (χ3n) is 3.69. The van der Waals surface area contributed by atoms with Gasteiger partial charge in [0.1, 0.15) is 17.0 Å². The number of hydrogen-bond donors (Lipinski definition) is 1. The van der Waals surface area contributed by atoms with E-state index in [1.54, 1.807) is 11.0 Å². The molecule has 5 nitrogen and oxygen atoms in total. The van der Waals surface area contributed by atoms with Crippen LogP contribution in [0.15, 0.2) is 30.3 Å². The van der Waals surface area contributed by atoms with E-state index in [-0.39, 0.29) is 17.2 Å². The molecule has 3 rings (SSSR count). The minimum Gasteiger partial charge on any atom is -0.338 e. The zero-order valence-electron chi connectivity index (χ0n) is 11.3. The Balaban J connectivity index is 2.03. The van der Waals surface area contributed by atoms with Crippen LogP contribution in [0.5, 0.6) is 0 Å². The van der Waals surface area contributed by atoms with E-state index in [9.17, 15) is 9.59 Å². The van der Waals surface area contributed by atoms with Crippen molar-refractivity contribution in [1.82, 2.24) is 15.2 Å². The molecule has 1 atom stereocenters. The van der Waals surface area contributed by atoms with Crippen molar-refractivity contribution in [1.29, 1.82) is 0 Å². The molecule has 1 N–H and O–H groups in total. The van der Waals surface area contributed by atoms with Crippen LogP contribution < -0.4 is 5.32 Å². The summed E-state index contributed by atoms with van der Waals surface area (Å²) < 4.78 is 0. The first-order valence-electron chi connectivity index (χ1n) is 6.76. The van der Waals surface area contributed by atoms with E-state index >= 15 is 0 Å². The van der Waals surface area contributed by atoms with Crippen molar-refractivity contribution in [3.8, 4) is 0 Å². The number of hydrogen-bond acceptors (Lipinski definition) is 3. The van der Waals surface area contributed by atoms with Gasteiger partial charge in [0.05, 0.1) is 0 Å². The molecule has 21 heavy (non-hydrogen) atoms. The molecule has 0 radical (unpaired) electrons. The predicted molar refractivity (Wildman–Crippen MR) is 80.0 cm³/mol. The normalized spacial score (nSPS) is 18.0. The number of likely N-dealkylation sites (tertiary alicyclic amines) is 1. The molecule has 0 saturated carbocycles. The zero-order chi connectivity index (χ0) is 14.8. The summed E-state index contributed by atoms with van der Waals surface area (Å²) in [6.45, 7) is 0.604. The van der Waals surface area contributed by atoms with Crippen LogP contribution >= 0.6 is 11.6 Å². The first kappa shape index (κ1) is 13.8. The Morgan fingerprint density at radius 3 is 3.05 bits per heavy atom. The molecule has 0 bridgehead atoms. The summed E-state index contributed by atoms with van der Waals surface area (Å²) in [4.78, 5) is 29.2. The minimum absolute atomic E-state index is 0.203. The SMILES string of the molecule is O=CNC1CCCN1C(=O)c1nc(Cl)cc2ccccc12. The monoisotopic (exact) mass is 303 g/mol. The number of nitrogens with one attached hydrogen (secondary N) is 1. The summed E-state index contributed by atoms with van der Waals surface area (Å²) in [5.74, 6) is -0.203. The van der Waals surface area contributed by atoms with E-state index < -0.39 is 0 Å². The summed E-state index contributed by atoms with van der Waals surface area (Å²) >= 11 is 6.02. The highest BCUT2D eigenvalue weighted by molar-refractivity contribution is 6.30. The number of halogens is 1. The molecule has 1 fully saturated rings. The number of amides is 2. The molecule has 6 heteroatoms. The molecule has 108 valence electrons. The highest BCUT2D eigenvalue weighted by Gasteiger charge is 2.30. The molecular formula is C15H14ClN3O2. The van der Waals surface area contributed by atoms with Crippen LogP contribution in [0.4, 0.5) is 0 Å². The van der Waals surface area contributed by atoms with Gasteiger partial charge in [-0.2, -0.15) is 0 Å². The van der Waals surface area contributed by atoms with Crippen molar-refractivity contribution in [2.45, 2.75) is 19.0 Å². The van der Waals surface area contributed by atoms with Crippen LogP contribution in [0.2, 0.25) is 5.15 Å². The molecule has 1 aliphatic heterocycles. The van der Waals surface area contributed by atoms with Crippen LogP contribution in [0, 0.1) is 0 Å². The highest BCUT2D eigenvalue weighted by Crippen LogP contribution is 2.24. The molecule has 1 aromatic heterocycles. The minimum atomic E-state index is -0.269. The quantitative estimate of drug-likeness (QED) is 0.698. The average Bonchev–Trinajstić information content (AvgIpc) is 2.94. The fraction of sp³-hybridized carbons (Fsp3) is 0.267. The molecular weight excluding hydrogens is 290 g/mol. The number of benzene rings is 1. The first-order valence-corrected chi connectivity index (χ1v) is 7.14. The second-order valence-corrected chi connectivity index (χ2v) is 5.34. The van der Waals surface area contributed by atoms with Crippen molar-refractivity contribution in [3.05, 3.63) is 41.2 Å². The van der Waals surface area contributed by atoms with Gasteiger partial charge in [-0.3, -0.25) is 9.59 Å². The fourth-order valence-corrected chi connectivity index (χ4v) is 2.93. The maximum Gasteiger partial charge on any atom is 0.274 e. The van der Waals surface area contributed by atoms with E-state index in [0.717, 1.165) is 23.6 Å². The van der Waals surface area contributed by atoms with Gasteiger partial charge in [-0.15, -0.1) is 0 Å². The summed E-state index contributed by atoms with van der Waals surface area (Å²) in [7, 11) is 0. The van der Waals surface area contributed by atoms with Crippen LogP contribution in [0.3, 0.4) is 0 Å². The van der Waals surface area contributed by atoms with Crippen LogP contribution in [0.1, 0.15) is 23.3 Å². The van der Waals surface area contributed by atoms with E-state index in [1.165, 1.54) is 0 Å². The van der Waals surface area contributed by atoms with Gasteiger partial charge in [-0.05, 0) is 24.3 Å². The summed E-state index contributed by atoms with van der Waals surface area (Å²) in [6, 6.07) is 9.23. The number of nitrogens with zero attached hydrogens (tertiary/aromatic N) is 2. The van der Waals surface area contributed by atoms with Gasteiger partial charge >= 0.3 is 0 Å². The fourth-order valence-electron chi connectivity index (χ4n) is 2.73. The molecule has 1 aromatic carbocycles. The number of aromatic nitrogens is 1. The van der Waals surface area contributed by atoms with Crippen molar-refractivity contribution in [2.24, 2.45) is 0 Å². The van der Waals surface area contributed by atoms with Crippen molar-refractivity contribution in [3.63, 3.8) is 0 Å². The van der Waals surface area contributed by atoms with Crippen LogP contribution in [0.25, 0.3) is 10.8 Å². The third-order valence-corrected chi connectivity index (χ3v) is 3.88. The maximum atomic E-state index is 12.7. The number of fused-ring (bicyclic) bond motifs is 1. The molecule has 1 aliphatic rings. The molecule has 2 heterocycles. The Morgan fingerprint density at radius 2 is 2.24 bits per heavy atom. The van der Waals surface area contributed by atoms with Crippen molar-refractivity contribution < 1.29 is 9.59 Å². The van der Waals surface area contributed by atoms with Crippen LogP contribution in [-0.2, 0) is 4.79 Å². The Labute approximate surface area is 126 Å². The van der Waals surface area contributed by atoms with Gasteiger partial charge in [-0.25, -0.2) is 4.98 Å². The van der Waals surface area contributed by atoms with Gasteiger partial charge in [0.2, 0.25) is 6.41 Å². The van der Waals surface area contributed by atoms with E-state index in [4.69, 9.17) is 11.6 Å². The molecule has 1 saturated heterocycles. The zero-order valence-corrected chi connectivity index (χ0v) is 12.0. The second kappa shape index (κ2) is 5.69. The number of pyridine rings is 1. The molecule has 0 aliphatic carbocycles. The lowest BCUT2D eigenvalue weighted by Gasteiger charge is -2.24.